The van der Waals surface area contributed by atoms with Gasteiger partial charge in [0.25, 0.3) is 0 Å². The highest BCUT2D eigenvalue weighted by Crippen LogP contribution is 2.24. The third-order valence-electron chi connectivity index (χ3n) is 5.72. The standard InChI is InChI=1S/C21H27N5O3/c1-16(19-15-26(23-22-19)18-7-3-2-4-8-18)29-20(27)17-9-13-25(14-10-17)21(28)24-11-5-6-12-24/h2-4,7-8,15-17H,5-6,9-14H2,1H3/t16-/m1/s1. The number of urea groups is 1. The normalized spacial score (nSPS) is 18.7. The monoisotopic (exact) mass is 397 g/mol. The Morgan fingerprint density at radius 1 is 1.03 bits per heavy atom. The minimum Gasteiger partial charge on any atom is -0.456 e. The van der Waals surface area contributed by atoms with Gasteiger partial charge in [-0.25, -0.2) is 9.48 Å². The summed E-state index contributed by atoms with van der Waals surface area (Å²) in [7, 11) is 0. The van der Waals surface area contributed by atoms with E-state index in [1.54, 1.807) is 10.9 Å². The van der Waals surface area contributed by atoms with Crippen LogP contribution in [-0.2, 0) is 9.53 Å². The van der Waals surface area contributed by atoms with Crippen molar-refractivity contribution in [3.63, 3.8) is 0 Å². The zero-order valence-corrected chi connectivity index (χ0v) is 16.7. The summed E-state index contributed by atoms with van der Waals surface area (Å²) in [6.45, 7) is 4.72. The number of nitrogens with zero attached hydrogens (tertiary/aromatic N) is 5. The lowest BCUT2D eigenvalue weighted by Crippen LogP contribution is -2.46. The maximum atomic E-state index is 12.6. The number of ether oxygens (including phenoxy) is 1. The summed E-state index contributed by atoms with van der Waals surface area (Å²) in [5, 5.41) is 8.27. The first-order valence-electron chi connectivity index (χ1n) is 10.3. The van der Waals surface area contributed by atoms with E-state index in [4.69, 9.17) is 4.74 Å². The molecule has 2 aliphatic heterocycles. The predicted octanol–water partition coefficient (Wildman–Crippen LogP) is 2.80. The van der Waals surface area contributed by atoms with Gasteiger partial charge in [0, 0.05) is 26.2 Å². The molecule has 2 fully saturated rings. The molecule has 0 saturated carbocycles. The van der Waals surface area contributed by atoms with Gasteiger partial charge in [-0.2, -0.15) is 0 Å². The molecule has 3 heterocycles. The van der Waals surface area contributed by atoms with E-state index in [2.05, 4.69) is 10.3 Å². The molecule has 0 radical (unpaired) electrons. The Labute approximate surface area is 170 Å². The number of amides is 2. The number of likely N-dealkylation sites (tertiary alicyclic amines) is 2. The van der Waals surface area contributed by atoms with Crippen LogP contribution in [0.4, 0.5) is 4.79 Å². The summed E-state index contributed by atoms with van der Waals surface area (Å²) in [6, 6.07) is 9.79. The number of carbonyl (C=O) groups is 2. The van der Waals surface area contributed by atoms with Crippen molar-refractivity contribution >= 4 is 12.0 Å². The molecule has 0 aliphatic carbocycles. The second-order valence-corrected chi connectivity index (χ2v) is 7.74. The average molecular weight is 397 g/mol. The largest absolute Gasteiger partial charge is 0.456 e. The SMILES string of the molecule is C[C@@H](OC(=O)C1CCN(C(=O)N2CCCC2)CC1)c1cn(-c2ccccc2)nn1. The van der Waals surface area contributed by atoms with Crippen molar-refractivity contribution in [3.05, 3.63) is 42.2 Å². The van der Waals surface area contributed by atoms with E-state index in [1.807, 2.05) is 47.1 Å². The molecule has 0 N–H and O–H groups in total. The Hall–Kier alpha value is -2.90. The number of benzene rings is 1. The van der Waals surface area contributed by atoms with Gasteiger partial charge in [0.05, 0.1) is 17.8 Å². The fraction of sp³-hybridized carbons (Fsp3) is 0.524. The molecular formula is C21H27N5O3. The van der Waals surface area contributed by atoms with Crippen molar-refractivity contribution in [2.75, 3.05) is 26.2 Å². The molecule has 4 rings (SSSR count). The number of rotatable bonds is 4. The van der Waals surface area contributed by atoms with Crippen LogP contribution in [0.15, 0.2) is 36.5 Å². The Morgan fingerprint density at radius 2 is 1.69 bits per heavy atom. The predicted molar refractivity (Wildman–Crippen MR) is 106 cm³/mol. The molecule has 0 unspecified atom stereocenters. The van der Waals surface area contributed by atoms with Crippen LogP contribution in [0.5, 0.6) is 0 Å². The number of esters is 1. The number of piperidine rings is 1. The van der Waals surface area contributed by atoms with Crippen molar-refractivity contribution in [3.8, 4) is 5.69 Å². The average Bonchev–Trinajstić information content (AvgIpc) is 3.46. The van der Waals surface area contributed by atoms with Gasteiger partial charge in [0.1, 0.15) is 11.8 Å². The number of hydrogen-bond donors (Lipinski definition) is 0. The Balaban J connectivity index is 1.28. The summed E-state index contributed by atoms with van der Waals surface area (Å²) in [4.78, 5) is 28.9. The van der Waals surface area contributed by atoms with Crippen LogP contribution in [0.1, 0.15) is 44.4 Å². The molecule has 1 aromatic carbocycles. The molecule has 8 nitrogen and oxygen atoms in total. The van der Waals surface area contributed by atoms with Crippen molar-refractivity contribution in [2.45, 2.75) is 38.7 Å². The maximum Gasteiger partial charge on any atom is 0.319 e. The van der Waals surface area contributed by atoms with Crippen molar-refractivity contribution in [1.82, 2.24) is 24.8 Å². The Bertz CT molecular complexity index is 839. The number of hydrogen-bond acceptors (Lipinski definition) is 5. The summed E-state index contributed by atoms with van der Waals surface area (Å²) in [5.41, 5.74) is 1.52. The van der Waals surface area contributed by atoms with Gasteiger partial charge in [0.15, 0.2) is 0 Å². The lowest BCUT2D eigenvalue weighted by Gasteiger charge is -2.33. The van der Waals surface area contributed by atoms with Gasteiger partial charge in [0.2, 0.25) is 0 Å². The molecule has 1 atom stereocenters. The van der Waals surface area contributed by atoms with Crippen LogP contribution in [0.2, 0.25) is 0 Å². The smallest absolute Gasteiger partial charge is 0.319 e. The van der Waals surface area contributed by atoms with Crippen LogP contribution in [0, 0.1) is 5.92 Å². The minimum absolute atomic E-state index is 0.111. The molecule has 0 spiro atoms. The fourth-order valence-electron chi connectivity index (χ4n) is 3.92. The van der Waals surface area contributed by atoms with Gasteiger partial charge >= 0.3 is 12.0 Å². The quantitative estimate of drug-likeness (QED) is 0.741. The van der Waals surface area contributed by atoms with Crippen LogP contribution >= 0.6 is 0 Å². The zero-order valence-electron chi connectivity index (χ0n) is 16.7. The molecule has 2 aromatic rings. The molecule has 8 heteroatoms. The fourth-order valence-corrected chi connectivity index (χ4v) is 3.92. The van der Waals surface area contributed by atoms with Gasteiger partial charge in [-0.15, -0.1) is 5.10 Å². The third-order valence-corrected chi connectivity index (χ3v) is 5.72. The number of para-hydroxylation sites is 1. The van der Waals surface area contributed by atoms with Crippen molar-refractivity contribution in [2.24, 2.45) is 5.92 Å². The molecule has 29 heavy (non-hydrogen) atoms. The highest BCUT2D eigenvalue weighted by molar-refractivity contribution is 5.76. The lowest BCUT2D eigenvalue weighted by molar-refractivity contribution is -0.155. The molecule has 2 aliphatic rings. The number of aromatic nitrogens is 3. The molecular weight excluding hydrogens is 370 g/mol. The number of carbonyl (C=O) groups excluding carboxylic acids is 2. The Kier molecular flexibility index (Phi) is 5.78. The van der Waals surface area contributed by atoms with E-state index in [-0.39, 0.29) is 17.9 Å². The molecule has 2 amide bonds. The minimum atomic E-state index is -0.468. The first-order chi connectivity index (χ1) is 14.1. The second kappa shape index (κ2) is 8.63. The summed E-state index contributed by atoms with van der Waals surface area (Å²) in [5.74, 6) is -0.399. The van der Waals surface area contributed by atoms with Crippen LogP contribution in [-0.4, -0.2) is 63.0 Å². The van der Waals surface area contributed by atoms with Crippen molar-refractivity contribution in [1.29, 1.82) is 0 Å². The molecule has 154 valence electrons. The van der Waals surface area contributed by atoms with E-state index in [9.17, 15) is 9.59 Å². The lowest BCUT2D eigenvalue weighted by atomic mass is 9.97. The second-order valence-electron chi connectivity index (χ2n) is 7.74. The van der Waals surface area contributed by atoms with E-state index < -0.39 is 6.10 Å². The first-order valence-corrected chi connectivity index (χ1v) is 10.3. The van der Waals surface area contributed by atoms with E-state index in [1.165, 1.54) is 0 Å². The highest BCUT2D eigenvalue weighted by Gasteiger charge is 2.32. The van der Waals surface area contributed by atoms with E-state index >= 15 is 0 Å². The van der Waals surface area contributed by atoms with Crippen LogP contribution in [0.25, 0.3) is 5.69 Å². The van der Waals surface area contributed by atoms with Crippen molar-refractivity contribution < 1.29 is 14.3 Å². The topological polar surface area (TPSA) is 80.6 Å². The van der Waals surface area contributed by atoms with Gasteiger partial charge in [-0.3, -0.25) is 4.79 Å². The van der Waals surface area contributed by atoms with Crippen LogP contribution < -0.4 is 0 Å². The zero-order chi connectivity index (χ0) is 20.2. The van der Waals surface area contributed by atoms with Crippen LogP contribution in [0.3, 0.4) is 0 Å². The van der Waals surface area contributed by atoms with E-state index in [0.717, 1.165) is 31.6 Å². The van der Waals surface area contributed by atoms with Gasteiger partial charge < -0.3 is 14.5 Å². The van der Waals surface area contributed by atoms with Gasteiger partial charge in [-0.1, -0.05) is 23.4 Å². The van der Waals surface area contributed by atoms with E-state index in [0.29, 0.717) is 31.6 Å². The summed E-state index contributed by atoms with van der Waals surface area (Å²) in [6.07, 6.45) is 4.76. The molecule has 2 saturated heterocycles. The summed E-state index contributed by atoms with van der Waals surface area (Å²) >= 11 is 0. The molecule has 0 bridgehead atoms. The Morgan fingerprint density at radius 3 is 2.38 bits per heavy atom. The maximum absolute atomic E-state index is 12.6. The summed E-state index contributed by atoms with van der Waals surface area (Å²) < 4.78 is 7.32. The molecule has 1 aromatic heterocycles. The first kappa shape index (κ1) is 19.4. The van der Waals surface area contributed by atoms with Gasteiger partial charge in [-0.05, 0) is 44.7 Å². The highest BCUT2D eigenvalue weighted by atomic mass is 16.5. The third kappa shape index (κ3) is 4.41.